The summed E-state index contributed by atoms with van der Waals surface area (Å²) < 4.78 is 0. The van der Waals surface area contributed by atoms with Gasteiger partial charge in [-0.3, -0.25) is 9.59 Å². The molecule has 0 spiro atoms. The highest BCUT2D eigenvalue weighted by atomic mass is 16.4. The minimum atomic E-state index is -1.02. The highest BCUT2D eigenvalue weighted by Gasteiger charge is 2.28. The number of hydrogen-bond donors (Lipinski definition) is 2. The summed E-state index contributed by atoms with van der Waals surface area (Å²) in [4.78, 5) is 36.5. The van der Waals surface area contributed by atoms with Crippen molar-refractivity contribution >= 4 is 17.8 Å². The first-order valence-corrected chi connectivity index (χ1v) is 6.87. The Morgan fingerprint density at radius 3 is 2.38 bits per heavy atom. The third-order valence-electron chi connectivity index (χ3n) is 3.70. The second-order valence-electron chi connectivity index (χ2n) is 5.09. The smallest absolute Gasteiger partial charge is 0.335 e. The molecule has 6 nitrogen and oxygen atoms in total. The Morgan fingerprint density at radius 1 is 1.19 bits per heavy atom. The predicted molar refractivity (Wildman–Crippen MR) is 76.1 cm³/mol. The normalized spacial score (nSPS) is 18.1. The Bertz CT molecular complexity index is 553. The largest absolute Gasteiger partial charge is 0.478 e. The van der Waals surface area contributed by atoms with E-state index in [-0.39, 0.29) is 23.3 Å². The van der Waals surface area contributed by atoms with Crippen molar-refractivity contribution in [2.45, 2.75) is 12.8 Å². The topological polar surface area (TPSA) is 86.7 Å². The van der Waals surface area contributed by atoms with Crippen LogP contribution in [0.25, 0.3) is 0 Å². The van der Waals surface area contributed by atoms with E-state index >= 15 is 0 Å². The zero-order valence-electron chi connectivity index (χ0n) is 11.8. The summed E-state index contributed by atoms with van der Waals surface area (Å²) in [6.45, 7) is 1.02. The van der Waals surface area contributed by atoms with Crippen LogP contribution in [0.1, 0.15) is 33.6 Å². The molecule has 21 heavy (non-hydrogen) atoms. The Labute approximate surface area is 122 Å². The van der Waals surface area contributed by atoms with E-state index in [9.17, 15) is 14.4 Å². The van der Waals surface area contributed by atoms with Crippen LogP contribution in [0.2, 0.25) is 0 Å². The highest BCUT2D eigenvalue weighted by Crippen LogP contribution is 2.19. The maximum atomic E-state index is 12.4. The van der Waals surface area contributed by atoms with Crippen LogP contribution in [0.15, 0.2) is 24.3 Å². The molecular weight excluding hydrogens is 272 g/mol. The average molecular weight is 290 g/mol. The fourth-order valence-electron chi connectivity index (χ4n) is 2.52. The first-order valence-electron chi connectivity index (χ1n) is 6.87. The van der Waals surface area contributed by atoms with Crippen LogP contribution in [0.3, 0.4) is 0 Å². The number of amides is 2. The Hall–Kier alpha value is -2.37. The van der Waals surface area contributed by atoms with Gasteiger partial charge in [0.25, 0.3) is 5.91 Å². The number of likely N-dealkylation sites (tertiary alicyclic amines) is 1. The van der Waals surface area contributed by atoms with Gasteiger partial charge in [0.1, 0.15) is 0 Å². The van der Waals surface area contributed by atoms with Crippen LogP contribution >= 0.6 is 0 Å². The van der Waals surface area contributed by atoms with Crippen molar-refractivity contribution in [3.63, 3.8) is 0 Å². The van der Waals surface area contributed by atoms with Crippen LogP contribution in [-0.2, 0) is 4.79 Å². The number of benzene rings is 1. The molecule has 1 aliphatic heterocycles. The van der Waals surface area contributed by atoms with Gasteiger partial charge in [0.15, 0.2) is 0 Å². The summed E-state index contributed by atoms with van der Waals surface area (Å²) in [5.74, 6) is -1.41. The molecule has 1 saturated heterocycles. The minimum Gasteiger partial charge on any atom is -0.478 e. The van der Waals surface area contributed by atoms with Crippen LogP contribution in [0.5, 0.6) is 0 Å². The van der Waals surface area contributed by atoms with E-state index < -0.39 is 5.97 Å². The zero-order chi connectivity index (χ0) is 15.4. The molecule has 0 saturated carbocycles. The molecule has 6 heteroatoms. The summed E-state index contributed by atoms with van der Waals surface area (Å²) in [7, 11) is 1.59. The number of nitrogens with zero attached hydrogens (tertiary/aromatic N) is 1. The van der Waals surface area contributed by atoms with Crippen LogP contribution < -0.4 is 5.32 Å². The molecule has 1 aromatic rings. The molecule has 2 amide bonds. The van der Waals surface area contributed by atoms with Crippen molar-refractivity contribution in [2.24, 2.45) is 5.92 Å². The predicted octanol–water partition coefficient (Wildman–Crippen LogP) is 0.983. The number of hydrogen-bond acceptors (Lipinski definition) is 3. The number of carboxylic acids is 1. The summed E-state index contributed by atoms with van der Waals surface area (Å²) in [6, 6.07) is 5.84. The molecule has 0 radical (unpaired) electrons. The molecule has 1 aromatic carbocycles. The lowest BCUT2D eigenvalue weighted by Gasteiger charge is -2.31. The summed E-state index contributed by atoms with van der Waals surface area (Å²) >= 11 is 0. The SMILES string of the molecule is CNC(=O)C1CCCN(C(=O)c2ccc(C(=O)O)cc2)C1. The third kappa shape index (κ3) is 3.39. The molecule has 1 atom stereocenters. The first kappa shape index (κ1) is 15.0. The third-order valence-corrected chi connectivity index (χ3v) is 3.70. The molecule has 0 bridgehead atoms. The fraction of sp³-hybridized carbons (Fsp3) is 0.400. The maximum absolute atomic E-state index is 12.4. The second-order valence-corrected chi connectivity index (χ2v) is 5.09. The van der Waals surface area contributed by atoms with E-state index in [1.807, 2.05) is 0 Å². The molecule has 1 unspecified atom stereocenters. The standard InChI is InChI=1S/C15H18N2O4/c1-16-13(18)12-3-2-8-17(9-12)14(19)10-4-6-11(7-5-10)15(20)21/h4-7,12H,2-3,8-9H2,1H3,(H,16,18)(H,20,21). The Balaban J connectivity index is 2.08. The van der Waals surface area contributed by atoms with E-state index in [0.717, 1.165) is 12.8 Å². The van der Waals surface area contributed by atoms with Crippen molar-refractivity contribution in [3.05, 3.63) is 35.4 Å². The van der Waals surface area contributed by atoms with Crippen molar-refractivity contribution in [3.8, 4) is 0 Å². The molecule has 1 aliphatic rings. The number of carbonyl (C=O) groups excluding carboxylic acids is 2. The van der Waals surface area contributed by atoms with E-state index in [1.165, 1.54) is 24.3 Å². The number of piperidine rings is 1. The second kappa shape index (κ2) is 6.39. The van der Waals surface area contributed by atoms with Gasteiger partial charge in [-0.15, -0.1) is 0 Å². The molecular formula is C15H18N2O4. The van der Waals surface area contributed by atoms with Gasteiger partial charge < -0.3 is 15.3 Å². The minimum absolute atomic E-state index is 0.0475. The number of rotatable bonds is 3. The van der Waals surface area contributed by atoms with Gasteiger partial charge in [0, 0.05) is 25.7 Å². The molecule has 112 valence electrons. The lowest BCUT2D eigenvalue weighted by molar-refractivity contribution is -0.125. The molecule has 1 heterocycles. The molecule has 2 N–H and O–H groups in total. The molecule has 0 aromatic heterocycles. The Kier molecular flexibility index (Phi) is 4.57. The van der Waals surface area contributed by atoms with Crippen LogP contribution in [0, 0.1) is 5.92 Å². The van der Waals surface area contributed by atoms with E-state index in [1.54, 1.807) is 11.9 Å². The van der Waals surface area contributed by atoms with Gasteiger partial charge in [-0.1, -0.05) is 0 Å². The van der Waals surface area contributed by atoms with E-state index in [2.05, 4.69) is 5.32 Å². The fourth-order valence-corrected chi connectivity index (χ4v) is 2.52. The number of carbonyl (C=O) groups is 3. The lowest BCUT2D eigenvalue weighted by atomic mass is 9.96. The van der Waals surface area contributed by atoms with Gasteiger partial charge in [-0.05, 0) is 37.1 Å². The van der Waals surface area contributed by atoms with Gasteiger partial charge >= 0.3 is 5.97 Å². The van der Waals surface area contributed by atoms with Crippen LogP contribution in [-0.4, -0.2) is 47.9 Å². The molecule has 0 aliphatic carbocycles. The average Bonchev–Trinajstić information content (AvgIpc) is 2.53. The number of aromatic carboxylic acids is 1. The summed E-state index contributed by atoms with van der Waals surface area (Å²) in [5, 5.41) is 11.5. The monoisotopic (exact) mass is 290 g/mol. The van der Waals surface area contributed by atoms with Gasteiger partial charge in [-0.25, -0.2) is 4.79 Å². The highest BCUT2D eigenvalue weighted by molar-refractivity contribution is 5.96. The quantitative estimate of drug-likeness (QED) is 0.869. The lowest BCUT2D eigenvalue weighted by Crippen LogP contribution is -2.44. The van der Waals surface area contributed by atoms with Crippen molar-refractivity contribution in [1.29, 1.82) is 0 Å². The first-order chi connectivity index (χ1) is 10.0. The van der Waals surface area contributed by atoms with Crippen molar-refractivity contribution in [1.82, 2.24) is 10.2 Å². The zero-order valence-corrected chi connectivity index (χ0v) is 11.8. The van der Waals surface area contributed by atoms with Gasteiger partial charge in [0.2, 0.25) is 5.91 Å². The summed E-state index contributed by atoms with van der Waals surface area (Å²) in [5.41, 5.74) is 0.589. The van der Waals surface area contributed by atoms with Crippen molar-refractivity contribution < 1.29 is 19.5 Å². The number of carboxylic acid groups (broad SMARTS) is 1. The van der Waals surface area contributed by atoms with Gasteiger partial charge in [0.05, 0.1) is 11.5 Å². The van der Waals surface area contributed by atoms with Crippen molar-refractivity contribution in [2.75, 3.05) is 20.1 Å². The molecule has 1 fully saturated rings. The Morgan fingerprint density at radius 2 is 1.81 bits per heavy atom. The number of nitrogens with one attached hydrogen (secondary N) is 1. The van der Waals surface area contributed by atoms with E-state index in [0.29, 0.717) is 18.7 Å². The molecule has 2 rings (SSSR count). The van der Waals surface area contributed by atoms with E-state index in [4.69, 9.17) is 5.11 Å². The summed E-state index contributed by atoms with van der Waals surface area (Å²) in [6.07, 6.45) is 1.57. The maximum Gasteiger partial charge on any atom is 0.335 e. The van der Waals surface area contributed by atoms with Gasteiger partial charge in [-0.2, -0.15) is 0 Å². The van der Waals surface area contributed by atoms with Crippen LogP contribution in [0.4, 0.5) is 0 Å².